The highest BCUT2D eigenvalue weighted by atomic mass is 32.1. The van der Waals surface area contributed by atoms with Crippen molar-refractivity contribution in [2.45, 2.75) is 26.8 Å². The third-order valence-electron chi connectivity index (χ3n) is 5.25. The molecule has 31 heavy (non-hydrogen) atoms. The molecule has 1 aliphatic heterocycles. The Morgan fingerprint density at radius 2 is 2.10 bits per heavy atom. The van der Waals surface area contributed by atoms with Gasteiger partial charge in [-0.05, 0) is 39.0 Å². The van der Waals surface area contributed by atoms with Crippen molar-refractivity contribution >= 4 is 32.6 Å². The highest BCUT2D eigenvalue weighted by molar-refractivity contribution is 7.22. The Morgan fingerprint density at radius 1 is 1.29 bits per heavy atom. The number of fused-ring (bicyclic) bond motifs is 1. The highest BCUT2D eigenvalue weighted by Gasteiger charge is 2.25. The number of carbonyl (C=O) groups excluding carboxylic acids is 1. The van der Waals surface area contributed by atoms with Crippen molar-refractivity contribution in [1.29, 1.82) is 0 Å². The van der Waals surface area contributed by atoms with Gasteiger partial charge in [-0.2, -0.15) is 5.10 Å². The minimum Gasteiger partial charge on any atom is -0.492 e. The number of morpholine rings is 1. The van der Waals surface area contributed by atoms with Crippen LogP contribution in [0.1, 0.15) is 37.3 Å². The van der Waals surface area contributed by atoms with Gasteiger partial charge in [-0.25, -0.2) is 4.98 Å². The summed E-state index contributed by atoms with van der Waals surface area (Å²) in [6, 6.07) is 7.86. The molecule has 1 saturated heterocycles. The minimum atomic E-state index is -0.135. The van der Waals surface area contributed by atoms with E-state index in [9.17, 15) is 4.79 Å². The lowest BCUT2D eigenvalue weighted by molar-refractivity contribution is 0.0391. The van der Waals surface area contributed by atoms with Gasteiger partial charge < -0.3 is 9.47 Å². The summed E-state index contributed by atoms with van der Waals surface area (Å²) in [6.45, 7) is 11.1. The first-order valence-electron chi connectivity index (χ1n) is 10.8. The van der Waals surface area contributed by atoms with E-state index >= 15 is 0 Å². The van der Waals surface area contributed by atoms with E-state index in [-0.39, 0.29) is 11.9 Å². The van der Waals surface area contributed by atoms with Crippen molar-refractivity contribution in [3.8, 4) is 5.75 Å². The topological polar surface area (TPSA) is 72.7 Å². The molecule has 0 atom stereocenters. The smallest absolute Gasteiger partial charge is 0.280 e. The van der Waals surface area contributed by atoms with Crippen LogP contribution in [0, 0.1) is 0 Å². The Balaban J connectivity index is 1.64. The Bertz CT molecular complexity index is 1030. The van der Waals surface area contributed by atoms with Gasteiger partial charge in [-0.3, -0.25) is 19.3 Å². The van der Waals surface area contributed by atoms with Crippen LogP contribution in [0.4, 0.5) is 5.13 Å². The van der Waals surface area contributed by atoms with Gasteiger partial charge in [0.1, 0.15) is 11.3 Å². The molecular weight excluding hydrogens is 414 g/mol. The average Bonchev–Trinajstić information content (AvgIpc) is 3.43. The number of benzene rings is 1. The van der Waals surface area contributed by atoms with Gasteiger partial charge in [0.05, 0.1) is 24.5 Å². The Kier molecular flexibility index (Phi) is 6.84. The summed E-state index contributed by atoms with van der Waals surface area (Å²) in [4.78, 5) is 22.4. The molecule has 8 nitrogen and oxygen atoms in total. The molecule has 1 amide bonds. The van der Waals surface area contributed by atoms with E-state index in [1.807, 2.05) is 45.2 Å². The van der Waals surface area contributed by atoms with Crippen LogP contribution in [0.15, 0.2) is 30.5 Å². The zero-order valence-corrected chi connectivity index (χ0v) is 19.1. The van der Waals surface area contributed by atoms with Gasteiger partial charge in [-0.15, -0.1) is 0 Å². The second-order valence-corrected chi connectivity index (χ2v) is 8.73. The Hall–Kier alpha value is -2.49. The van der Waals surface area contributed by atoms with Crippen molar-refractivity contribution in [2.75, 3.05) is 50.9 Å². The molecule has 0 spiro atoms. The number of carbonyl (C=O) groups is 1. The van der Waals surface area contributed by atoms with Crippen LogP contribution in [0.5, 0.6) is 5.75 Å². The monoisotopic (exact) mass is 443 g/mol. The summed E-state index contributed by atoms with van der Waals surface area (Å²) in [5.41, 5.74) is 1.22. The number of nitrogens with zero attached hydrogens (tertiary/aromatic N) is 5. The van der Waals surface area contributed by atoms with Crippen molar-refractivity contribution in [2.24, 2.45) is 0 Å². The maximum absolute atomic E-state index is 13.5. The summed E-state index contributed by atoms with van der Waals surface area (Å²) in [7, 11) is 0. The number of aromatic nitrogens is 3. The first-order chi connectivity index (χ1) is 15.1. The Morgan fingerprint density at radius 3 is 2.81 bits per heavy atom. The molecule has 0 saturated carbocycles. The lowest BCUT2D eigenvalue weighted by Crippen LogP contribution is -2.43. The molecule has 9 heteroatoms. The molecule has 0 unspecified atom stereocenters. The zero-order valence-electron chi connectivity index (χ0n) is 18.3. The van der Waals surface area contributed by atoms with E-state index in [4.69, 9.17) is 14.5 Å². The van der Waals surface area contributed by atoms with Crippen LogP contribution in [0.3, 0.4) is 0 Å². The fourth-order valence-corrected chi connectivity index (χ4v) is 4.53. The van der Waals surface area contributed by atoms with E-state index in [0.29, 0.717) is 24.0 Å². The van der Waals surface area contributed by atoms with Crippen LogP contribution >= 0.6 is 11.3 Å². The molecule has 0 radical (unpaired) electrons. The van der Waals surface area contributed by atoms with Crippen LogP contribution in [0.2, 0.25) is 0 Å². The molecular formula is C22H29N5O3S. The number of anilines is 1. The molecule has 1 aliphatic rings. The van der Waals surface area contributed by atoms with Crippen molar-refractivity contribution in [1.82, 2.24) is 19.7 Å². The van der Waals surface area contributed by atoms with Gasteiger partial charge in [0, 0.05) is 38.4 Å². The molecule has 1 fully saturated rings. The molecule has 0 N–H and O–H groups in total. The number of para-hydroxylation sites is 1. The lowest BCUT2D eigenvalue weighted by Gasteiger charge is -2.29. The fourth-order valence-electron chi connectivity index (χ4n) is 3.53. The summed E-state index contributed by atoms with van der Waals surface area (Å²) >= 11 is 1.50. The molecule has 3 heterocycles. The van der Waals surface area contributed by atoms with Crippen LogP contribution in [-0.4, -0.2) is 71.6 Å². The standard InChI is InChI=1S/C22H29N5O3S/c1-4-30-18-6-5-7-19-20(18)23-22(31-19)26(11-10-25-12-14-29-15-13-25)21(28)17-8-9-27(24-17)16(2)3/h5-9,16H,4,10-15H2,1-3H3. The average molecular weight is 444 g/mol. The quantitative estimate of drug-likeness (QED) is 0.531. The fraction of sp³-hybridized carbons (Fsp3) is 0.500. The van der Waals surface area contributed by atoms with Crippen molar-refractivity contribution in [3.05, 3.63) is 36.2 Å². The SMILES string of the molecule is CCOc1cccc2sc(N(CCN3CCOCC3)C(=O)c3ccn(C(C)C)n3)nc12. The third-order valence-corrected chi connectivity index (χ3v) is 6.29. The van der Waals surface area contributed by atoms with E-state index < -0.39 is 0 Å². The van der Waals surface area contributed by atoms with E-state index in [0.717, 1.165) is 48.8 Å². The van der Waals surface area contributed by atoms with Gasteiger partial charge in [0.25, 0.3) is 5.91 Å². The number of ether oxygens (including phenoxy) is 2. The third kappa shape index (κ3) is 4.89. The van der Waals surface area contributed by atoms with Gasteiger partial charge >= 0.3 is 0 Å². The maximum atomic E-state index is 13.5. The van der Waals surface area contributed by atoms with Crippen LogP contribution in [-0.2, 0) is 4.74 Å². The van der Waals surface area contributed by atoms with Gasteiger partial charge in [0.2, 0.25) is 0 Å². The van der Waals surface area contributed by atoms with E-state index in [1.165, 1.54) is 11.3 Å². The first kappa shape index (κ1) is 21.7. The lowest BCUT2D eigenvalue weighted by atomic mass is 10.3. The first-order valence-corrected chi connectivity index (χ1v) is 11.6. The van der Waals surface area contributed by atoms with Gasteiger partial charge in [0.15, 0.2) is 10.8 Å². The molecule has 0 aliphatic carbocycles. The number of amides is 1. The predicted octanol–water partition coefficient (Wildman–Crippen LogP) is 3.45. The van der Waals surface area contributed by atoms with E-state index in [2.05, 4.69) is 10.00 Å². The number of rotatable bonds is 8. The zero-order chi connectivity index (χ0) is 21.8. The summed E-state index contributed by atoms with van der Waals surface area (Å²) in [5, 5.41) is 5.16. The van der Waals surface area contributed by atoms with Crippen molar-refractivity contribution in [3.63, 3.8) is 0 Å². The maximum Gasteiger partial charge on any atom is 0.280 e. The normalized spacial score (nSPS) is 15.0. The second kappa shape index (κ2) is 9.76. The van der Waals surface area contributed by atoms with Gasteiger partial charge in [-0.1, -0.05) is 17.4 Å². The predicted molar refractivity (Wildman–Crippen MR) is 122 cm³/mol. The van der Waals surface area contributed by atoms with Crippen LogP contribution in [0.25, 0.3) is 10.2 Å². The Labute approximate surface area is 186 Å². The number of thiazole rings is 1. The summed E-state index contributed by atoms with van der Waals surface area (Å²) in [6.07, 6.45) is 1.85. The van der Waals surface area contributed by atoms with Crippen LogP contribution < -0.4 is 9.64 Å². The molecule has 2 aromatic heterocycles. The summed E-state index contributed by atoms with van der Waals surface area (Å²) in [5.74, 6) is 0.608. The second-order valence-electron chi connectivity index (χ2n) is 7.72. The molecule has 0 bridgehead atoms. The largest absolute Gasteiger partial charge is 0.492 e. The van der Waals surface area contributed by atoms with Crippen molar-refractivity contribution < 1.29 is 14.3 Å². The molecule has 166 valence electrons. The molecule has 4 rings (SSSR count). The highest BCUT2D eigenvalue weighted by Crippen LogP contribution is 2.34. The number of hydrogen-bond acceptors (Lipinski definition) is 7. The molecule has 1 aromatic carbocycles. The molecule has 3 aromatic rings. The number of hydrogen-bond donors (Lipinski definition) is 0. The minimum absolute atomic E-state index is 0.135. The summed E-state index contributed by atoms with van der Waals surface area (Å²) < 4.78 is 14.0. The van der Waals surface area contributed by atoms with E-state index in [1.54, 1.807) is 15.6 Å².